The van der Waals surface area contributed by atoms with Gasteiger partial charge in [-0.3, -0.25) is 0 Å². The van der Waals surface area contributed by atoms with Gasteiger partial charge in [0.15, 0.2) is 0 Å². The topological polar surface area (TPSA) is 87.2 Å². The van der Waals surface area contributed by atoms with Gasteiger partial charge in [0, 0.05) is 51.5 Å². The van der Waals surface area contributed by atoms with Gasteiger partial charge in [-0.05, 0) is 42.0 Å². The highest BCUT2D eigenvalue weighted by molar-refractivity contribution is 7.89. The lowest BCUT2D eigenvalue weighted by molar-refractivity contribution is 0.384. The Morgan fingerprint density at radius 2 is 1.43 bits per heavy atom. The third-order valence-corrected chi connectivity index (χ3v) is 9.81. The fourth-order valence-electron chi connectivity index (χ4n) is 4.03. The van der Waals surface area contributed by atoms with E-state index in [1.165, 1.54) is 39.9 Å². The Hall–Kier alpha value is -2.92. The zero-order chi connectivity index (χ0) is 25.1. The summed E-state index contributed by atoms with van der Waals surface area (Å²) in [6, 6.07) is 22.4. The largest absolute Gasteiger partial charge is 0.497 e. The Balaban J connectivity index is 1.44. The first-order valence-corrected chi connectivity index (χ1v) is 14.1. The molecule has 0 N–H and O–H groups in total. The van der Waals surface area contributed by atoms with E-state index in [1.54, 1.807) is 7.11 Å². The number of nitrogens with zero attached hydrogens (tertiary/aromatic N) is 3. The van der Waals surface area contributed by atoms with Gasteiger partial charge in [-0.25, -0.2) is 16.8 Å². The van der Waals surface area contributed by atoms with Gasteiger partial charge < -0.3 is 9.64 Å². The van der Waals surface area contributed by atoms with E-state index in [-0.39, 0.29) is 16.3 Å². The number of benzene rings is 3. The van der Waals surface area contributed by atoms with Crippen molar-refractivity contribution in [3.63, 3.8) is 0 Å². The molecule has 4 rings (SSSR count). The fourth-order valence-corrected chi connectivity index (χ4v) is 6.61. The number of methoxy groups -OCH3 is 1. The van der Waals surface area contributed by atoms with Crippen molar-refractivity contribution in [2.45, 2.75) is 16.3 Å². The number of sulfonamides is 2. The molecule has 0 spiro atoms. The normalized spacial score (nSPS) is 15.3. The molecule has 8 nitrogen and oxygen atoms in total. The maximum Gasteiger partial charge on any atom is 0.243 e. The zero-order valence-corrected chi connectivity index (χ0v) is 21.4. The third-order valence-electron chi connectivity index (χ3n) is 6.07. The molecule has 0 saturated carbocycles. The van der Waals surface area contributed by atoms with Crippen molar-refractivity contribution in [1.29, 1.82) is 0 Å². The number of rotatable bonds is 8. The van der Waals surface area contributed by atoms with E-state index in [0.717, 1.165) is 17.0 Å². The summed E-state index contributed by atoms with van der Waals surface area (Å²) in [5, 5.41) is 0. The number of hydrogen-bond donors (Lipinski definition) is 0. The molecule has 0 aliphatic carbocycles. The lowest BCUT2D eigenvalue weighted by Crippen LogP contribution is -2.48. The number of ether oxygens (including phenoxy) is 1. The zero-order valence-electron chi connectivity index (χ0n) is 19.7. The second-order valence-corrected chi connectivity index (χ2v) is 12.3. The van der Waals surface area contributed by atoms with Crippen LogP contribution in [0.15, 0.2) is 88.7 Å². The van der Waals surface area contributed by atoms with E-state index in [1.807, 2.05) is 54.6 Å². The van der Waals surface area contributed by atoms with Crippen LogP contribution in [0.1, 0.15) is 5.56 Å². The van der Waals surface area contributed by atoms with Crippen molar-refractivity contribution >= 4 is 25.7 Å². The molecule has 1 saturated heterocycles. The van der Waals surface area contributed by atoms with Crippen LogP contribution in [-0.2, 0) is 26.6 Å². The third kappa shape index (κ3) is 5.51. The van der Waals surface area contributed by atoms with Gasteiger partial charge in [-0.15, -0.1) is 0 Å². The minimum absolute atomic E-state index is 0.0534. The Morgan fingerprint density at radius 3 is 2.06 bits per heavy atom. The van der Waals surface area contributed by atoms with Gasteiger partial charge in [0.2, 0.25) is 20.0 Å². The molecule has 1 aliphatic heterocycles. The highest BCUT2D eigenvalue weighted by Gasteiger charge is 2.29. The van der Waals surface area contributed by atoms with Gasteiger partial charge >= 0.3 is 0 Å². The van der Waals surface area contributed by atoms with Crippen molar-refractivity contribution in [3.8, 4) is 5.75 Å². The molecule has 3 aromatic rings. The molecule has 0 unspecified atom stereocenters. The first-order valence-electron chi connectivity index (χ1n) is 11.2. The predicted octanol–water partition coefficient (Wildman–Crippen LogP) is 3.03. The molecule has 10 heteroatoms. The van der Waals surface area contributed by atoms with Crippen LogP contribution in [0.4, 0.5) is 5.69 Å². The van der Waals surface area contributed by atoms with E-state index in [4.69, 9.17) is 4.74 Å². The van der Waals surface area contributed by atoms with Crippen LogP contribution in [0, 0.1) is 0 Å². The summed E-state index contributed by atoms with van der Waals surface area (Å²) in [7, 11) is -4.38. The van der Waals surface area contributed by atoms with Crippen LogP contribution < -0.4 is 9.64 Å². The molecule has 0 radical (unpaired) electrons. The van der Waals surface area contributed by atoms with Gasteiger partial charge in [-0.2, -0.15) is 8.61 Å². The highest BCUT2D eigenvalue weighted by Crippen LogP contribution is 2.25. The molecular formula is C25H29N3O5S2. The van der Waals surface area contributed by atoms with Crippen molar-refractivity contribution < 1.29 is 21.6 Å². The second kappa shape index (κ2) is 10.4. The van der Waals surface area contributed by atoms with E-state index in [9.17, 15) is 16.8 Å². The van der Waals surface area contributed by atoms with E-state index in [2.05, 4.69) is 4.90 Å². The highest BCUT2D eigenvalue weighted by atomic mass is 32.2. The van der Waals surface area contributed by atoms with Gasteiger partial charge in [0.25, 0.3) is 0 Å². The summed E-state index contributed by atoms with van der Waals surface area (Å²) in [6.07, 6.45) is 0. The Morgan fingerprint density at radius 1 is 0.800 bits per heavy atom. The lowest BCUT2D eigenvalue weighted by Gasteiger charge is -2.35. The van der Waals surface area contributed by atoms with Crippen LogP contribution in [0.3, 0.4) is 0 Å². The average Bonchev–Trinajstić information content (AvgIpc) is 2.89. The van der Waals surface area contributed by atoms with E-state index in [0.29, 0.717) is 26.2 Å². The maximum absolute atomic E-state index is 13.2. The number of piperazine rings is 1. The van der Waals surface area contributed by atoms with E-state index >= 15 is 0 Å². The van der Waals surface area contributed by atoms with E-state index < -0.39 is 20.0 Å². The summed E-state index contributed by atoms with van der Waals surface area (Å²) in [6.45, 7) is 1.98. The van der Waals surface area contributed by atoms with Gasteiger partial charge in [0.1, 0.15) is 5.75 Å². The summed E-state index contributed by atoms with van der Waals surface area (Å²) in [4.78, 5) is 2.25. The molecule has 35 heavy (non-hydrogen) atoms. The molecule has 186 valence electrons. The molecule has 0 aromatic heterocycles. The van der Waals surface area contributed by atoms with Crippen LogP contribution in [-0.4, -0.2) is 65.8 Å². The minimum atomic E-state index is -3.76. The molecule has 1 aliphatic rings. The van der Waals surface area contributed by atoms with Crippen LogP contribution >= 0.6 is 0 Å². The maximum atomic E-state index is 13.2. The Kier molecular flexibility index (Phi) is 7.46. The first-order chi connectivity index (χ1) is 16.7. The summed E-state index contributed by atoms with van der Waals surface area (Å²) in [5.74, 6) is 0.752. The Bertz CT molecular complexity index is 1350. The molecule has 0 atom stereocenters. The smallest absolute Gasteiger partial charge is 0.243 e. The number of hydrogen-bond acceptors (Lipinski definition) is 6. The summed E-state index contributed by atoms with van der Waals surface area (Å²) in [5.41, 5.74) is 1.85. The fraction of sp³-hybridized carbons (Fsp3) is 0.280. The van der Waals surface area contributed by atoms with Crippen molar-refractivity contribution in [1.82, 2.24) is 8.61 Å². The molecule has 0 bridgehead atoms. The number of anilines is 1. The molecule has 0 amide bonds. The monoisotopic (exact) mass is 515 g/mol. The van der Waals surface area contributed by atoms with Gasteiger partial charge in [0.05, 0.1) is 16.9 Å². The van der Waals surface area contributed by atoms with Crippen LogP contribution in [0.5, 0.6) is 5.75 Å². The molecule has 1 heterocycles. The van der Waals surface area contributed by atoms with Crippen molar-refractivity contribution in [2.75, 3.05) is 45.2 Å². The summed E-state index contributed by atoms with van der Waals surface area (Å²) < 4.78 is 60.3. The SMILES string of the molecule is COc1cccc(N2CCN(S(=O)(=O)c3ccc(S(=O)(=O)N(C)Cc4ccccc4)cc3)CC2)c1. The Labute approximate surface area is 207 Å². The molecule has 1 fully saturated rings. The van der Waals surface area contributed by atoms with Crippen molar-refractivity contribution in [2.24, 2.45) is 0 Å². The second-order valence-electron chi connectivity index (χ2n) is 8.31. The van der Waals surface area contributed by atoms with Crippen LogP contribution in [0.2, 0.25) is 0 Å². The quantitative estimate of drug-likeness (QED) is 0.458. The molecule has 3 aromatic carbocycles. The average molecular weight is 516 g/mol. The minimum Gasteiger partial charge on any atom is -0.497 e. The van der Waals surface area contributed by atoms with Crippen LogP contribution in [0.25, 0.3) is 0 Å². The molecular weight excluding hydrogens is 486 g/mol. The predicted molar refractivity (Wildman–Crippen MR) is 136 cm³/mol. The van der Waals surface area contributed by atoms with Gasteiger partial charge in [-0.1, -0.05) is 36.4 Å². The first kappa shape index (κ1) is 25.2. The lowest BCUT2D eigenvalue weighted by atomic mass is 10.2. The standard InChI is InChI=1S/C25H29N3O5S2/c1-26(20-21-7-4-3-5-8-21)34(29,30)24-11-13-25(14-12-24)35(31,32)28-17-15-27(16-18-28)22-9-6-10-23(19-22)33-2/h3-14,19H,15-18,20H2,1-2H3. The summed E-state index contributed by atoms with van der Waals surface area (Å²) >= 11 is 0. The van der Waals surface area contributed by atoms with Crippen molar-refractivity contribution in [3.05, 3.63) is 84.4 Å².